The van der Waals surface area contributed by atoms with Crippen molar-refractivity contribution in [3.05, 3.63) is 48.2 Å². The van der Waals surface area contributed by atoms with Crippen LogP contribution in [0.4, 0.5) is 8.78 Å². The van der Waals surface area contributed by atoms with Crippen LogP contribution in [0, 0.1) is 11.6 Å². The second-order valence-electron chi connectivity index (χ2n) is 3.22. The topological polar surface area (TPSA) is 22.1 Å². The van der Waals surface area contributed by atoms with E-state index >= 15 is 0 Å². The minimum Gasteiger partial charge on any atom is -0.479 e. The number of ether oxygens (including phenoxy) is 1. The molecule has 0 spiro atoms. The van der Waals surface area contributed by atoms with Gasteiger partial charge in [-0.2, -0.15) is 0 Å². The van der Waals surface area contributed by atoms with Gasteiger partial charge < -0.3 is 4.74 Å². The first-order valence-corrected chi connectivity index (χ1v) is 4.66. The summed E-state index contributed by atoms with van der Waals surface area (Å²) in [5.41, 5.74) is 1.29. The largest absolute Gasteiger partial charge is 0.479 e. The third kappa shape index (κ3) is 2.00. The van der Waals surface area contributed by atoms with Crippen molar-refractivity contribution in [1.82, 2.24) is 4.98 Å². The number of pyridine rings is 1. The van der Waals surface area contributed by atoms with Gasteiger partial charge in [0.05, 0.1) is 7.11 Å². The monoisotopic (exact) mass is 221 g/mol. The van der Waals surface area contributed by atoms with Crippen LogP contribution in [0.1, 0.15) is 0 Å². The van der Waals surface area contributed by atoms with Gasteiger partial charge in [-0.1, -0.05) is 12.1 Å². The van der Waals surface area contributed by atoms with Crippen LogP contribution in [0.2, 0.25) is 0 Å². The van der Waals surface area contributed by atoms with Crippen molar-refractivity contribution in [3.63, 3.8) is 0 Å². The Morgan fingerprint density at radius 1 is 1.06 bits per heavy atom. The first kappa shape index (κ1) is 10.5. The van der Waals surface area contributed by atoms with E-state index in [4.69, 9.17) is 4.74 Å². The summed E-state index contributed by atoms with van der Waals surface area (Å²) >= 11 is 0. The summed E-state index contributed by atoms with van der Waals surface area (Å²) in [7, 11) is 1.35. The van der Waals surface area contributed by atoms with Gasteiger partial charge in [-0.15, -0.1) is 0 Å². The van der Waals surface area contributed by atoms with Crippen LogP contribution in [0.25, 0.3) is 11.1 Å². The molecule has 16 heavy (non-hydrogen) atoms. The van der Waals surface area contributed by atoms with E-state index in [9.17, 15) is 8.78 Å². The van der Waals surface area contributed by atoms with Crippen molar-refractivity contribution >= 4 is 0 Å². The smallest absolute Gasteiger partial charge is 0.250 e. The zero-order valence-electron chi connectivity index (χ0n) is 8.58. The zero-order valence-corrected chi connectivity index (χ0v) is 8.58. The van der Waals surface area contributed by atoms with Gasteiger partial charge in [-0.3, -0.25) is 0 Å². The van der Waals surface area contributed by atoms with Crippen LogP contribution in [0.5, 0.6) is 5.88 Å². The summed E-state index contributed by atoms with van der Waals surface area (Å²) < 4.78 is 30.8. The number of aromatic nitrogens is 1. The molecule has 2 rings (SSSR count). The van der Waals surface area contributed by atoms with Crippen LogP contribution in [0.3, 0.4) is 0 Å². The maximum absolute atomic E-state index is 13.4. The summed E-state index contributed by atoms with van der Waals surface area (Å²) in [4.78, 5) is 3.80. The maximum Gasteiger partial charge on any atom is 0.250 e. The number of hydrogen-bond donors (Lipinski definition) is 0. The lowest BCUT2D eigenvalue weighted by atomic mass is 10.1. The lowest BCUT2D eigenvalue weighted by Crippen LogP contribution is -1.92. The van der Waals surface area contributed by atoms with Crippen molar-refractivity contribution in [2.45, 2.75) is 0 Å². The van der Waals surface area contributed by atoms with Gasteiger partial charge in [0.25, 0.3) is 0 Å². The molecule has 0 N–H and O–H groups in total. The van der Waals surface area contributed by atoms with E-state index in [1.807, 2.05) is 0 Å². The summed E-state index contributed by atoms with van der Waals surface area (Å²) in [6.07, 6.45) is 1.48. The lowest BCUT2D eigenvalue weighted by Gasteiger charge is -2.04. The molecule has 0 saturated carbocycles. The highest BCUT2D eigenvalue weighted by molar-refractivity contribution is 5.62. The Bertz CT molecular complexity index is 497. The van der Waals surface area contributed by atoms with Gasteiger partial charge in [-0.05, 0) is 23.8 Å². The summed E-state index contributed by atoms with van der Waals surface area (Å²) in [6.45, 7) is 0. The fourth-order valence-electron chi connectivity index (χ4n) is 1.38. The average Bonchev–Trinajstić information content (AvgIpc) is 2.30. The first-order chi connectivity index (χ1) is 7.70. The lowest BCUT2D eigenvalue weighted by molar-refractivity contribution is 0.369. The number of methoxy groups -OCH3 is 1. The van der Waals surface area contributed by atoms with E-state index in [0.29, 0.717) is 11.1 Å². The zero-order chi connectivity index (χ0) is 11.5. The number of nitrogens with zero attached hydrogens (tertiary/aromatic N) is 1. The minimum atomic E-state index is -0.538. The van der Waals surface area contributed by atoms with Crippen LogP contribution in [-0.2, 0) is 0 Å². The third-order valence-electron chi connectivity index (χ3n) is 2.18. The Labute approximate surface area is 91.5 Å². The van der Waals surface area contributed by atoms with Crippen molar-refractivity contribution in [3.8, 4) is 17.0 Å². The molecule has 2 nitrogen and oxygen atoms in total. The van der Waals surface area contributed by atoms with Gasteiger partial charge in [0.15, 0.2) is 5.82 Å². The predicted molar refractivity (Wildman–Crippen MR) is 56.1 cm³/mol. The van der Waals surface area contributed by atoms with E-state index < -0.39 is 5.82 Å². The molecule has 0 fully saturated rings. The average molecular weight is 221 g/mol. The molecular weight excluding hydrogens is 212 g/mol. The molecule has 1 aromatic carbocycles. The molecule has 4 heteroatoms. The van der Waals surface area contributed by atoms with Crippen LogP contribution in [0.15, 0.2) is 36.5 Å². The molecule has 0 aliphatic rings. The summed E-state index contributed by atoms with van der Waals surface area (Å²) in [5, 5.41) is 0. The Balaban J connectivity index is 2.41. The molecule has 0 bridgehead atoms. The standard InChI is InChI=1S/C12H9F2NO/c1-16-12-11(14)6-9(7-15-12)8-2-4-10(13)5-3-8/h2-7H,1H3. The van der Waals surface area contributed by atoms with Crippen molar-refractivity contribution in [2.75, 3.05) is 7.11 Å². The normalized spacial score (nSPS) is 10.2. The van der Waals surface area contributed by atoms with Crippen molar-refractivity contribution < 1.29 is 13.5 Å². The van der Waals surface area contributed by atoms with Crippen LogP contribution < -0.4 is 4.74 Å². The van der Waals surface area contributed by atoms with E-state index in [0.717, 1.165) is 0 Å². The number of hydrogen-bond acceptors (Lipinski definition) is 2. The Morgan fingerprint density at radius 3 is 2.31 bits per heavy atom. The molecule has 82 valence electrons. The number of rotatable bonds is 2. The Morgan fingerprint density at radius 2 is 1.75 bits per heavy atom. The fraction of sp³-hybridized carbons (Fsp3) is 0.0833. The molecule has 0 aliphatic carbocycles. The van der Waals surface area contributed by atoms with Crippen molar-refractivity contribution in [2.24, 2.45) is 0 Å². The Kier molecular flexibility index (Phi) is 2.81. The van der Waals surface area contributed by atoms with Gasteiger partial charge in [0.1, 0.15) is 5.82 Å². The molecule has 1 heterocycles. The quantitative estimate of drug-likeness (QED) is 0.777. The molecule has 2 aromatic rings. The fourth-order valence-corrected chi connectivity index (χ4v) is 1.38. The van der Waals surface area contributed by atoms with Gasteiger partial charge in [-0.25, -0.2) is 13.8 Å². The van der Waals surface area contributed by atoms with E-state index in [2.05, 4.69) is 4.98 Å². The molecule has 0 aliphatic heterocycles. The third-order valence-corrected chi connectivity index (χ3v) is 2.18. The molecular formula is C12H9F2NO. The van der Waals surface area contributed by atoms with Crippen molar-refractivity contribution in [1.29, 1.82) is 0 Å². The van der Waals surface area contributed by atoms with Gasteiger partial charge in [0, 0.05) is 11.8 Å². The Hall–Kier alpha value is -1.97. The van der Waals surface area contributed by atoms with E-state index in [1.165, 1.54) is 31.5 Å². The highest BCUT2D eigenvalue weighted by Crippen LogP contribution is 2.23. The number of halogens is 2. The molecule has 0 unspecified atom stereocenters. The molecule has 0 atom stereocenters. The molecule has 0 saturated heterocycles. The second-order valence-corrected chi connectivity index (χ2v) is 3.22. The second kappa shape index (κ2) is 4.26. The van der Waals surface area contributed by atoms with Crippen LogP contribution >= 0.6 is 0 Å². The molecule has 0 radical (unpaired) electrons. The highest BCUT2D eigenvalue weighted by Gasteiger charge is 2.06. The maximum atomic E-state index is 13.4. The summed E-state index contributed by atoms with van der Waals surface area (Å²) in [5.74, 6) is -0.916. The minimum absolute atomic E-state index is 0.0501. The van der Waals surface area contributed by atoms with E-state index in [-0.39, 0.29) is 11.7 Å². The number of benzene rings is 1. The summed E-state index contributed by atoms with van der Waals surface area (Å²) in [6, 6.07) is 7.07. The van der Waals surface area contributed by atoms with Crippen LogP contribution in [-0.4, -0.2) is 12.1 Å². The van der Waals surface area contributed by atoms with Gasteiger partial charge in [0.2, 0.25) is 5.88 Å². The molecule has 1 aromatic heterocycles. The van der Waals surface area contributed by atoms with Gasteiger partial charge >= 0.3 is 0 Å². The highest BCUT2D eigenvalue weighted by atomic mass is 19.1. The first-order valence-electron chi connectivity index (χ1n) is 4.66. The SMILES string of the molecule is COc1ncc(-c2ccc(F)cc2)cc1F. The molecule has 0 amide bonds. The predicted octanol–water partition coefficient (Wildman–Crippen LogP) is 3.04. The van der Waals surface area contributed by atoms with E-state index in [1.54, 1.807) is 12.1 Å².